The summed E-state index contributed by atoms with van der Waals surface area (Å²) in [5.41, 5.74) is 3.23. The zero-order chi connectivity index (χ0) is 14.7. The SMILES string of the molecule is COC(=O)c1cccc(NCc2cn3ccccc3n2)c1. The topological polar surface area (TPSA) is 55.6 Å². The van der Waals surface area contributed by atoms with E-state index in [1.807, 2.05) is 47.1 Å². The van der Waals surface area contributed by atoms with Crippen molar-refractivity contribution in [1.82, 2.24) is 9.38 Å². The lowest BCUT2D eigenvalue weighted by Crippen LogP contribution is -2.04. The Bertz CT molecular complexity index is 747. The molecule has 106 valence electrons. The predicted molar refractivity (Wildman–Crippen MR) is 80.3 cm³/mol. The maximum atomic E-state index is 11.5. The first kappa shape index (κ1) is 13.2. The summed E-state index contributed by atoms with van der Waals surface area (Å²) in [5.74, 6) is -0.341. The molecule has 3 aromatic rings. The van der Waals surface area contributed by atoms with E-state index in [9.17, 15) is 4.79 Å². The highest BCUT2D eigenvalue weighted by atomic mass is 16.5. The number of ether oxygens (including phenoxy) is 1. The maximum absolute atomic E-state index is 11.5. The second-order valence-electron chi connectivity index (χ2n) is 4.62. The Labute approximate surface area is 122 Å². The van der Waals surface area contributed by atoms with Crippen LogP contribution in [0.15, 0.2) is 54.9 Å². The van der Waals surface area contributed by atoms with Crippen molar-refractivity contribution in [3.05, 3.63) is 66.1 Å². The van der Waals surface area contributed by atoms with Crippen LogP contribution in [0.3, 0.4) is 0 Å². The Balaban J connectivity index is 1.73. The number of nitrogens with zero attached hydrogens (tertiary/aromatic N) is 2. The van der Waals surface area contributed by atoms with Gasteiger partial charge in [0.25, 0.3) is 0 Å². The molecule has 2 heterocycles. The number of benzene rings is 1. The molecule has 0 saturated carbocycles. The summed E-state index contributed by atoms with van der Waals surface area (Å²) in [6.07, 6.45) is 3.94. The molecule has 21 heavy (non-hydrogen) atoms. The third kappa shape index (κ3) is 2.86. The fourth-order valence-electron chi connectivity index (χ4n) is 2.14. The summed E-state index contributed by atoms with van der Waals surface area (Å²) in [5, 5.41) is 3.26. The van der Waals surface area contributed by atoms with Crippen molar-refractivity contribution in [2.75, 3.05) is 12.4 Å². The molecular formula is C16H15N3O2. The summed E-state index contributed by atoms with van der Waals surface area (Å²) in [7, 11) is 1.37. The van der Waals surface area contributed by atoms with Crippen molar-refractivity contribution in [2.24, 2.45) is 0 Å². The van der Waals surface area contributed by atoms with Crippen LogP contribution in [-0.2, 0) is 11.3 Å². The van der Waals surface area contributed by atoms with Gasteiger partial charge in [0.1, 0.15) is 5.65 Å². The number of imidazole rings is 1. The van der Waals surface area contributed by atoms with E-state index in [1.54, 1.807) is 12.1 Å². The summed E-state index contributed by atoms with van der Waals surface area (Å²) in [6.45, 7) is 0.590. The molecule has 0 unspecified atom stereocenters. The van der Waals surface area contributed by atoms with Gasteiger partial charge in [-0.05, 0) is 30.3 Å². The molecule has 0 atom stereocenters. The normalized spacial score (nSPS) is 10.5. The zero-order valence-electron chi connectivity index (χ0n) is 11.6. The molecule has 0 fully saturated rings. The summed E-state index contributed by atoms with van der Waals surface area (Å²) in [4.78, 5) is 16.0. The summed E-state index contributed by atoms with van der Waals surface area (Å²) < 4.78 is 6.69. The van der Waals surface area contributed by atoms with Crippen LogP contribution in [0, 0.1) is 0 Å². The molecule has 0 radical (unpaired) electrons. The van der Waals surface area contributed by atoms with Crippen molar-refractivity contribution >= 4 is 17.3 Å². The van der Waals surface area contributed by atoms with Crippen molar-refractivity contribution in [3.63, 3.8) is 0 Å². The molecule has 1 aromatic carbocycles. The average Bonchev–Trinajstić information content (AvgIpc) is 2.95. The van der Waals surface area contributed by atoms with Gasteiger partial charge >= 0.3 is 5.97 Å². The van der Waals surface area contributed by atoms with Crippen LogP contribution in [0.25, 0.3) is 5.65 Å². The van der Waals surface area contributed by atoms with Crippen LogP contribution in [0.5, 0.6) is 0 Å². The maximum Gasteiger partial charge on any atom is 0.337 e. The van der Waals surface area contributed by atoms with Gasteiger partial charge in [-0.15, -0.1) is 0 Å². The molecule has 0 amide bonds. The van der Waals surface area contributed by atoms with E-state index in [-0.39, 0.29) is 5.97 Å². The van der Waals surface area contributed by atoms with E-state index in [0.717, 1.165) is 17.0 Å². The molecule has 0 saturated heterocycles. The Kier molecular flexibility index (Phi) is 3.55. The molecule has 0 aliphatic heterocycles. The highest BCUT2D eigenvalue weighted by Crippen LogP contribution is 2.13. The highest BCUT2D eigenvalue weighted by Gasteiger charge is 2.06. The largest absolute Gasteiger partial charge is 0.465 e. The van der Waals surface area contributed by atoms with Gasteiger partial charge in [0, 0.05) is 18.1 Å². The molecule has 0 aliphatic carbocycles. The fraction of sp³-hybridized carbons (Fsp3) is 0.125. The average molecular weight is 281 g/mol. The zero-order valence-corrected chi connectivity index (χ0v) is 11.6. The lowest BCUT2D eigenvalue weighted by atomic mass is 10.2. The molecule has 5 nitrogen and oxygen atoms in total. The number of rotatable bonds is 4. The van der Waals surface area contributed by atoms with E-state index in [4.69, 9.17) is 4.74 Å². The number of anilines is 1. The van der Waals surface area contributed by atoms with Gasteiger partial charge in [0.05, 0.1) is 24.9 Å². The van der Waals surface area contributed by atoms with Crippen LogP contribution in [0.4, 0.5) is 5.69 Å². The minimum Gasteiger partial charge on any atom is -0.465 e. The molecule has 0 bridgehead atoms. The van der Waals surface area contributed by atoms with Crippen LogP contribution >= 0.6 is 0 Å². The first-order valence-electron chi connectivity index (χ1n) is 6.61. The van der Waals surface area contributed by atoms with Gasteiger partial charge in [-0.1, -0.05) is 12.1 Å². The first-order valence-corrected chi connectivity index (χ1v) is 6.61. The molecule has 0 aliphatic rings. The Morgan fingerprint density at radius 2 is 2.19 bits per heavy atom. The van der Waals surface area contributed by atoms with Crippen molar-refractivity contribution in [3.8, 4) is 0 Å². The third-order valence-electron chi connectivity index (χ3n) is 3.17. The second kappa shape index (κ2) is 5.66. The number of esters is 1. The number of hydrogen-bond donors (Lipinski definition) is 1. The number of hydrogen-bond acceptors (Lipinski definition) is 4. The fourth-order valence-corrected chi connectivity index (χ4v) is 2.14. The van der Waals surface area contributed by atoms with Crippen LogP contribution in [0.2, 0.25) is 0 Å². The van der Waals surface area contributed by atoms with Gasteiger partial charge in [0.2, 0.25) is 0 Å². The van der Waals surface area contributed by atoms with Gasteiger partial charge < -0.3 is 14.5 Å². The van der Waals surface area contributed by atoms with Gasteiger partial charge in [-0.25, -0.2) is 9.78 Å². The Morgan fingerprint density at radius 1 is 1.29 bits per heavy atom. The number of nitrogens with one attached hydrogen (secondary N) is 1. The third-order valence-corrected chi connectivity index (χ3v) is 3.17. The van der Waals surface area contributed by atoms with E-state index in [1.165, 1.54) is 7.11 Å². The highest BCUT2D eigenvalue weighted by molar-refractivity contribution is 5.90. The first-order chi connectivity index (χ1) is 10.3. The summed E-state index contributed by atoms with van der Waals surface area (Å²) in [6, 6.07) is 13.1. The molecular weight excluding hydrogens is 266 g/mol. The van der Waals surface area contributed by atoms with Gasteiger partial charge in [0.15, 0.2) is 0 Å². The Hall–Kier alpha value is -2.82. The minimum absolute atomic E-state index is 0.341. The van der Waals surface area contributed by atoms with Gasteiger partial charge in [-0.3, -0.25) is 0 Å². The van der Waals surface area contributed by atoms with E-state index >= 15 is 0 Å². The second-order valence-corrected chi connectivity index (χ2v) is 4.62. The molecule has 5 heteroatoms. The van der Waals surface area contributed by atoms with E-state index in [2.05, 4.69) is 10.3 Å². The van der Waals surface area contributed by atoms with Crippen molar-refractivity contribution < 1.29 is 9.53 Å². The number of pyridine rings is 1. The lowest BCUT2D eigenvalue weighted by Gasteiger charge is -2.06. The standard InChI is InChI=1S/C16H15N3O2/c1-21-16(20)12-5-4-6-13(9-12)17-10-14-11-19-8-3-2-7-15(19)18-14/h2-9,11,17H,10H2,1H3. The van der Waals surface area contributed by atoms with Crippen LogP contribution in [0.1, 0.15) is 16.1 Å². The molecule has 1 N–H and O–H groups in total. The predicted octanol–water partition coefficient (Wildman–Crippen LogP) is 2.73. The number of methoxy groups -OCH3 is 1. The summed E-state index contributed by atoms with van der Waals surface area (Å²) >= 11 is 0. The molecule has 0 spiro atoms. The lowest BCUT2D eigenvalue weighted by molar-refractivity contribution is 0.0601. The number of carbonyl (C=O) groups excluding carboxylic acids is 1. The number of carbonyl (C=O) groups is 1. The number of aromatic nitrogens is 2. The van der Waals surface area contributed by atoms with Gasteiger partial charge in [-0.2, -0.15) is 0 Å². The monoisotopic (exact) mass is 281 g/mol. The quantitative estimate of drug-likeness (QED) is 0.747. The number of fused-ring (bicyclic) bond motifs is 1. The smallest absolute Gasteiger partial charge is 0.337 e. The minimum atomic E-state index is -0.341. The van der Waals surface area contributed by atoms with E-state index in [0.29, 0.717) is 12.1 Å². The molecule has 2 aromatic heterocycles. The van der Waals surface area contributed by atoms with Crippen LogP contribution < -0.4 is 5.32 Å². The van der Waals surface area contributed by atoms with Crippen molar-refractivity contribution in [2.45, 2.75) is 6.54 Å². The van der Waals surface area contributed by atoms with Crippen LogP contribution in [-0.4, -0.2) is 22.5 Å². The molecule has 3 rings (SSSR count). The van der Waals surface area contributed by atoms with E-state index < -0.39 is 0 Å². The van der Waals surface area contributed by atoms with Crippen molar-refractivity contribution in [1.29, 1.82) is 0 Å². The Morgan fingerprint density at radius 3 is 3.00 bits per heavy atom.